The number of anilines is 1. The monoisotopic (exact) mass is 263 g/mol. The van der Waals surface area contributed by atoms with Gasteiger partial charge < -0.3 is 15.2 Å². The standard InChI is InChI=1S/C15H21NO3/c1-3-14-13(8-9-19-14)15(18)16-12-6-4-11(5-7-12)10(2)17/h4-7,10,13-14,17H,3,8-9H2,1-2H3,(H,16,18). The van der Waals surface area contributed by atoms with Crippen molar-refractivity contribution in [1.82, 2.24) is 0 Å². The number of amides is 1. The molecule has 19 heavy (non-hydrogen) atoms. The molecule has 1 aliphatic heterocycles. The fourth-order valence-electron chi connectivity index (χ4n) is 2.43. The van der Waals surface area contributed by atoms with Gasteiger partial charge in [0.05, 0.1) is 18.1 Å². The van der Waals surface area contributed by atoms with Gasteiger partial charge in [0.15, 0.2) is 0 Å². The summed E-state index contributed by atoms with van der Waals surface area (Å²) in [6.45, 7) is 4.42. The predicted molar refractivity (Wildman–Crippen MR) is 73.8 cm³/mol. The van der Waals surface area contributed by atoms with Crippen molar-refractivity contribution in [2.45, 2.75) is 38.9 Å². The molecular formula is C15H21NO3. The zero-order chi connectivity index (χ0) is 13.8. The van der Waals surface area contributed by atoms with Crippen LogP contribution in [0.2, 0.25) is 0 Å². The third-order valence-corrected chi connectivity index (χ3v) is 3.61. The van der Waals surface area contributed by atoms with E-state index in [0.29, 0.717) is 6.61 Å². The highest BCUT2D eigenvalue weighted by Gasteiger charge is 2.32. The lowest BCUT2D eigenvalue weighted by atomic mass is 9.98. The lowest BCUT2D eigenvalue weighted by Crippen LogP contribution is -2.29. The van der Waals surface area contributed by atoms with E-state index in [4.69, 9.17) is 4.74 Å². The molecule has 0 spiro atoms. The van der Waals surface area contributed by atoms with Crippen molar-refractivity contribution in [3.63, 3.8) is 0 Å². The quantitative estimate of drug-likeness (QED) is 0.877. The summed E-state index contributed by atoms with van der Waals surface area (Å²) in [5.41, 5.74) is 1.60. The fraction of sp³-hybridized carbons (Fsp3) is 0.533. The van der Waals surface area contributed by atoms with Crippen LogP contribution in [0.4, 0.5) is 5.69 Å². The van der Waals surface area contributed by atoms with Crippen LogP contribution in [-0.4, -0.2) is 23.7 Å². The summed E-state index contributed by atoms with van der Waals surface area (Å²) in [5.74, 6) is -0.0319. The van der Waals surface area contributed by atoms with Crippen LogP contribution in [0.3, 0.4) is 0 Å². The zero-order valence-corrected chi connectivity index (χ0v) is 11.4. The Morgan fingerprint density at radius 2 is 2.16 bits per heavy atom. The van der Waals surface area contributed by atoms with Gasteiger partial charge in [-0.15, -0.1) is 0 Å². The van der Waals surface area contributed by atoms with Gasteiger partial charge in [-0.05, 0) is 37.5 Å². The van der Waals surface area contributed by atoms with Crippen LogP contribution in [0.25, 0.3) is 0 Å². The number of ether oxygens (including phenoxy) is 1. The number of carbonyl (C=O) groups excluding carboxylic acids is 1. The Bertz CT molecular complexity index is 428. The largest absolute Gasteiger partial charge is 0.389 e. The highest BCUT2D eigenvalue weighted by atomic mass is 16.5. The molecule has 4 nitrogen and oxygen atoms in total. The Morgan fingerprint density at radius 1 is 1.47 bits per heavy atom. The third kappa shape index (κ3) is 3.33. The number of rotatable bonds is 4. The Labute approximate surface area is 113 Å². The smallest absolute Gasteiger partial charge is 0.230 e. The van der Waals surface area contributed by atoms with E-state index >= 15 is 0 Å². The van der Waals surface area contributed by atoms with Crippen molar-refractivity contribution in [1.29, 1.82) is 0 Å². The van der Waals surface area contributed by atoms with Gasteiger partial charge in [-0.2, -0.15) is 0 Å². The first-order valence-electron chi connectivity index (χ1n) is 6.82. The predicted octanol–water partition coefficient (Wildman–Crippen LogP) is 2.49. The van der Waals surface area contributed by atoms with E-state index in [1.54, 1.807) is 6.92 Å². The van der Waals surface area contributed by atoms with Crippen LogP contribution in [0.5, 0.6) is 0 Å². The molecule has 1 aromatic carbocycles. The molecule has 3 unspecified atom stereocenters. The third-order valence-electron chi connectivity index (χ3n) is 3.61. The second-order valence-corrected chi connectivity index (χ2v) is 5.00. The molecule has 0 radical (unpaired) electrons. The average Bonchev–Trinajstić information content (AvgIpc) is 2.87. The number of hydrogen-bond donors (Lipinski definition) is 2. The molecule has 2 rings (SSSR count). The van der Waals surface area contributed by atoms with Gasteiger partial charge in [0, 0.05) is 12.3 Å². The van der Waals surface area contributed by atoms with Crippen molar-refractivity contribution in [3.8, 4) is 0 Å². The van der Waals surface area contributed by atoms with Crippen molar-refractivity contribution in [2.24, 2.45) is 5.92 Å². The number of benzene rings is 1. The summed E-state index contributed by atoms with van der Waals surface area (Å²) in [4.78, 5) is 12.2. The fourth-order valence-corrected chi connectivity index (χ4v) is 2.43. The molecule has 104 valence electrons. The number of hydrogen-bond acceptors (Lipinski definition) is 3. The van der Waals surface area contributed by atoms with E-state index in [9.17, 15) is 9.90 Å². The molecule has 1 amide bonds. The molecule has 1 heterocycles. The molecular weight excluding hydrogens is 242 g/mol. The van der Waals surface area contributed by atoms with Gasteiger partial charge in [-0.25, -0.2) is 0 Å². The molecule has 1 saturated heterocycles. The summed E-state index contributed by atoms with van der Waals surface area (Å²) >= 11 is 0. The number of aliphatic hydroxyl groups is 1. The Morgan fingerprint density at radius 3 is 2.74 bits per heavy atom. The average molecular weight is 263 g/mol. The van der Waals surface area contributed by atoms with Gasteiger partial charge in [0.25, 0.3) is 0 Å². The van der Waals surface area contributed by atoms with Crippen LogP contribution in [0, 0.1) is 5.92 Å². The van der Waals surface area contributed by atoms with Crippen LogP contribution < -0.4 is 5.32 Å². The van der Waals surface area contributed by atoms with Gasteiger partial charge in [-0.3, -0.25) is 4.79 Å². The van der Waals surface area contributed by atoms with Crippen molar-refractivity contribution in [2.75, 3.05) is 11.9 Å². The topological polar surface area (TPSA) is 58.6 Å². The molecule has 0 aliphatic carbocycles. The lowest BCUT2D eigenvalue weighted by Gasteiger charge is -2.16. The highest BCUT2D eigenvalue weighted by molar-refractivity contribution is 5.93. The minimum atomic E-state index is -0.488. The summed E-state index contributed by atoms with van der Waals surface area (Å²) in [5, 5.41) is 12.3. The molecule has 1 aliphatic rings. The zero-order valence-electron chi connectivity index (χ0n) is 11.4. The number of aliphatic hydroxyl groups excluding tert-OH is 1. The van der Waals surface area contributed by atoms with Gasteiger partial charge >= 0.3 is 0 Å². The van der Waals surface area contributed by atoms with Crippen molar-refractivity contribution >= 4 is 11.6 Å². The van der Waals surface area contributed by atoms with E-state index < -0.39 is 6.10 Å². The van der Waals surface area contributed by atoms with Crippen LogP contribution in [-0.2, 0) is 9.53 Å². The molecule has 3 atom stereocenters. The van der Waals surface area contributed by atoms with E-state index in [1.807, 2.05) is 31.2 Å². The molecule has 2 N–H and O–H groups in total. The molecule has 4 heteroatoms. The Kier molecular flexibility index (Phi) is 4.56. The number of carbonyl (C=O) groups is 1. The molecule has 1 aromatic rings. The molecule has 0 aromatic heterocycles. The molecule has 0 bridgehead atoms. The minimum Gasteiger partial charge on any atom is -0.389 e. The van der Waals surface area contributed by atoms with E-state index in [1.165, 1.54) is 0 Å². The summed E-state index contributed by atoms with van der Waals surface area (Å²) in [6, 6.07) is 7.28. The second kappa shape index (κ2) is 6.17. The van der Waals surface area contributed by atoms with Crippen LogP contribution >= 0.6 is 0 Å². The Balaban J connectivity index is 1.98. The highest BCUT2D eigenvalue weighted by Crippen LogP contribution is 2.25. The van der Waals surface area contributed by atoms with Crippen molar-refractivity contribution < 1.29 is 14.6 Å². The summed E-state index contributed by atoms with van der Waals surface area (Å²) in [6.07, 6.45) is 1.20. The minimum absolute atomic E-state index is 0.0224. The van der Waals surface area contributed by atoms with Gasteiger partial charge in [0.1, 0.15) is 0 Å². The lowest BCUT2D eigenvalue weighted by molar-refractivity contribution is -0.121. The summed E-state index contributed by atoms with van der Waals surface area (Å²) in [7, 11) is 0. The van der Waals surface area contributed by atoms with E-state index in [0.717, 1.165) is 24.1 Å². The first-order chi connectivity index (χ1) is 9.11. The summed E-state index contributed by atoms with van der Waals surface area (Å²) < 4.78 is 5.53. The normalized spacial score (nSPS) is 24.2. The molecule has 1 fully saturated rings. The van der Waals surface area contributed by atoms with Crippen LogP contribution in [0.1, 0.15) is 38.4 Å². The SMILES string of the molecule is CCC1OCCC1C(=O)Nc1ccc(C(C)O)cc1. The van der Waals surface area contributed by atoms with E-state index in [-0.39, 0.29) is 17.9 Å². The first-order valence-corrected chi connectivity index (χ1v) is 6.82. The number of nitrogens with one attached hydrogen (secondary N) is 1. The maximum absolute atomic E-state index is 12.2. The van der Waals surface area contributed by atoms with Gasteiger partial charge in [-0.1, -0.05) is 19.1 Å². The van der Waals surface area contributed by atoms with E-state index in [2.05, 4.69) is 5.32 Å². The van der Waals surface area contributed by atoms with Crippen molar-refractivity contribution in [3.05, 3.63) is 29.8 Å². The Hall–Kier alpha value is -1.39. The first kappa shape index (κ1) is 14.0. The molecule has 0 saturated carbocycles. The maximum atomic E-state index is 12.2. The van der Waals surface area contributed by atoms with Gasteiger partial charge in [0.2, 0.25) is 5.91 Å². The second-order valence-electron chi connectivity index (χ2n) is 5.00. The van der Waals surface area contributed by atoms with Crippen LogP contribution in [0.15, 0.2) is 24.3 Å². The maximum Gasteiger partial charge on any atom is 0.230 e.